The molecule has 0 aliphatic heterocycles. The fourth-order valence-corrected chi connectivity index (χ4v) is 2.20. The predicted molar refractivity (Wildman–Crippen MR) is 80.4 cm³/mol. The third-order valence-electron chi connectivity index (χ3n) is 2.89. The highest BCUT2D eigenvalue weighted by atomic mass is 79.9. The largest absolute Gasteiger partial charge is 0.353 e. The smallest absolute Gasteiger partial charge is 0.148 e. The molecule has 0 saturated heterocycles. The highest BCUT2D eigenvalue weighted by Gasteiger charge is 2.12. The quantitative estimate of drug-likeness (QED) is 0.790. The van der Waals surface area contributed by atoms with Gasteiger partial charge < -0.3 is 4.90 Å². The van der Waals surface area contributed by atoms with Gasteiger partial charge in [0.1, 0.15) is 5.82 Å². The van der Waals surface area contributed by atoms with Crippen LogP contribution >= 0.6 is 15.9 Å². The van der Waals surface area contributed by atoms with Gasteiger partial charge in [-0.2, -0.15) is 0 Å². The molecule has 3 nitrogen and oxygen atoms in total. The topological polar surface area (TPSA) is 29.0 Å². The van der Waals surface area contributed by atoms with E-state index in [-0.39, 0.29) is 0 Å². The summed E-state index contributed by atoms with van der Waals surface area (Å²) < 4.78 is 0. The fourth-order valence-electron chi connectivity index (χ4n) is 1.95. The van der Waals surface area contributed by atoms with Gasteiger partial charge in [0.15, 0.2) is 0 Å². The van der Waals surface area contributed by atoms with E-state index in [4.69, 9.17) is 4.98 Å². The average molecular weight is 308 g/mol. The maximum Gasteiger partial charge on any atom is 0.148 e. The molecular formula is C14H18BrN3. The molecule has 0 atom stereocenters. The minimum atomic E-state index is 0.430. The Kier molecular flexibility index (Phi) is 4.53. The molecule has 1 aromatic heterocycles. The van der Waals surface area contributed by atoms with Gasteiger partial charge in [-0.15, -0.1) is 0 Å². The lowest BCUT2D eigenvalue weighted by atomic mass is 10.2. The van der Waals surface area contributed by atoms with E-state index in [0.717, 1.165) is 35.1 Å². The minimum Gasteiger partial charge on any atom is -0.353 e. The van der Waals surface area contributed by atoms with E-state index in [9.17, 15) is 0 Å². The van der Waals surface area contributed by atoms with Crippen LogP contribution in [0.15, 0.2) is 30.5 Å². The summed E-state index contributed by atoms with van der Waals surface area (Å²) in [6.45, 7) is 5.37. The number of alkyl halides is 1. The van der Waals surface area contributed by atoms with Gasteiger partial charge in [-0.3, -0.25) is 4.98 Å². The molecule has 0 spiro atoms. The maximum atomic E-state index is 4.70. The van der Waals surface area contributed by atoms with E-state index in [1.54, 1.807) is 0 Å². The van der Waals surface area contributed by atoms with Crippen molar-refractivity contribution in [3.05, 3.63) is 30.5 Å². The number of aromatic nitrogens is 2. The zero-order chi connectivity index (χ0) is 13.0. The van der Waals surface area contributed by atoms with E-state index in [0.29, 0.717) is 6.04 Å². The summed E-state index contributed by atoms with van der Waals surface area (Å²) in [4.78, 5) is 11.5. The average Bonchev–Trinajstić information content (AvgIpc) is 2.38. The predicted octanol–water partition coefficient (Wildman–Crippen LogP) is 3.63. The lowest BCUT2D eigenvalue weighted by Crippen LogP contribution is -2.32. The van der Waals surface area contributed by atoms with Crippen molar-refractivity contribution in [3.8, 4) is 0 Å². The third kappa shape index (κ3) is 2.99. The summed E-state index contributed by atoms with van der Waals surface area (Å²) in [6.07, 6.45) is 2.98. The monoisotopic (exact) mass is 307 g/mol. The van der Waals surface area contributed by atoms with Gasteiger partial charge >= 0.3 is 0 Å². The molecule has 1 aromatic carbocycles. The molecule has 18 heavy (non-hydrogen) atoms. The van der Waals surface area contributed by atoms with Gasteiger partial charge in [0.2, 0.25) is 0 Å². The van der Waals surface area contributed by atoms with E-state index >= 15 is 0 Å². The Balaban J connectivity index is 2.32. The van der Waals surface area contributed by atoms with Crippen molar-refractivity contribution in [2.75, 3.05) is 16.8 Å². The second-order valence-electron chi connectivity index (χ2n) is 4.55. The van der Waals surface area contributed by atoms with Crippen molar-refractivity contribution in [2.45, 2.75) is 26.3 Å². The second kappa shape index (κ2) is 6.14. The van der Waals surface area contributed by atoms with Crippen LogP contribution < -0.4 is 4.90 Å². The van der Waals surface area contributed by atoms with Crippen LogP contribution in [0.3, 0.4) is 0 Å². The number of halogens is 1. The summed E-state index contributed by atoms with van der Waals surface area (Å²) in [5, 5.41) is 1.01. The van der Waals surface area contributed by atoms with Gasteiger partial charge in [-0.05, 0) is 32.4 Å². The number of hydrogen-bond acceptors (Lipinski definition) is 3. The molecule has 0 unspecified atom stereocenters. The fraction of sp³-hybridized carbons (Fsp3) is 0.429. The Hall–Kier alpha value is -1.16. The normalized spacial score (nSPS) is 11.1. The standard InChI is InChI=1S/C14H18BrN3/c1-11(2)18(9-5-8-15)14-10-16-12-6-3-4-7-13(12)17-14/h3-4,6-7,10-11H,5,8-9H2,1-2H3. The van der Waals surface area contributed by atoms with Gasteiger partial charge in [-0.25, -0.2) is 4.98 Å². The van der Waals surface area contributed by atoms with Crippen molar-refractivity contribution < 1.29 is 0 Å². The minimum absolute atomic E-state index is 0.430. The van der Waals surface area contributed by atoms with Crippen LogP contribution in [0.25, 0.3) is 11.0 Å². The van der Waals surface area contributed by atoms with Crippen LogP contribution in [0.2, 0.25) is 0 Å². The van der Waals surface area contributed by atoms with Crippen molar-refractivity contribution in [1.82, 2.24) is 9.97 Å². The number of benzene rings is 1. The highest BCUT2D eigenvalue weighted by Crippen LogP contribution is 2.17. The van der Waals surface area contributed by atoms with Gasteiger partial charge in [0.25, 0.3) is 0 Å². The molecule has 0 aliphatic carbocycles. The van der Waals surface area contributed by atoms with Crippen LogP contribution in [-0.4, -0.2) is 27.9 Å². The van der Waals surface area contributed by atoms with E-state index in [2.05, 4.69) is 39.7 Å². The van der Waals surface area contributed by atoms with Crippen LogP contribution in [0.4, 0.5) is 5.82 Å². The number of nitrogens with zero attached hydrogens (tertiary/aromatic N) is 3. The molecule has 0 N–H and O–H groups in total. The Morgan fingerprint density at radius 3 is 2.61 bits per heavy atom. The third-order valence-corrected chi connectivity index (χ3v) is 3.45. The Labute approximate surface area is 116 Å². The van der Waals surface area contributed by atoms with Gasteiger partial charge in [0.05, 0.1) is 17.2 Å². The second-order valence-corrected chi connectivity index (χ2v) is 5.34. The Morgan fingerprint density at radius 2 is 1.94 bits per heavy atom. The first kappa shape index (κ1) is 13.3. The number of rotatable bonds is 5. The molecule has 2 aromatic rings. The summed E-state index contributed by atoms with van der Waals surface area (Å²) in [7, 11) is 0. The molecule has 0 fully saturated rings. The van der Waals surface area contributed by atoms with E-state index < -0.39 is 0 Å². The lowest BCUT2D eigenvalue weighted by molar-refractivity contribution is 0.665. The summed E-state index contributed by atoms with van der Waals surface area (Å²) >= 11 is 3.48. The Morgan fingerprint density at radius 1 is 1.22 bits per heavy atom. The number of anilines is 1. The molecule has 1 heterocycles. The van der Waals surface area contributed by atoms with E-state index in [1.807, 2.05) is 30.5 Å². The van der Waals surface area contributed by atoms with Crippen molar-refractivity contribution in [1.29, 1.82) is 0 Å². The highest BCUT2D eigenvalue weighted by molar-refractivity contribution is 9.09. The van der Waals surface area contributed by atoms with Crippen LogP contribution in [0.5, 0.6) is 0 Å². The van der Waals surface area contributed by atoms with Gasteiger partial charge in [0, 0.05) is 17.9 Å². The number of hydrogen-bond donors (Lipinski definition) is 0. The molecule has 0 saturated carbocycles. The number of para-hydroxylation sites is 2. The first-order valence-corrected chi connectivity index (χ1v) is 7.39. The molecule has 4 heteroatoms. The zero-order valence-electron chi connectivity index (χ0n) is 10.8. The molecule has 96 valence electrons. The maximum absolute atomic E-state index is 4.70. The van der Waals surface area contributed by atoms with E-state index in [1.165, 1.54) is 0 Å². The summed E-state index contributed by atoms with van der Waals surface area (Å²) in [5.74, 6) is 0.963. The van der Waals surface area contributed by atoms with Gasteiger partial charge in [-0.1, -0.05) is 28.1 Å². The molecular weight excluding hydrogens is 290 g/mol. The SMILES string of the molecule is CC(C)N(CCCBr)c1cnc2ccccc2n1. The molecule has 0 amide bonds. The summed E-state index contributed by atoms with van der Waals surface area (Å²) in [5.41, 5.74) is 1.91. The zero-order valence-corrected chi connectivity index (χ0v) is 12.4. The summed E-state index contributed by atoms with van der Waals surface area (Å²) in [6, 6.07) is 8.42. The van der Waals surface area contributed by atoms with Crippen LogP contribution in [-0.2, 0) is 0 Å². The first-order valence-electron chi connectivity index (χ1n) is 6.27. The Bertz CT molecular complexity index is 513. The van der Waals surface area contributed by atoms with Crippen LogP contribution in [0, 0.1) is 0 Å². The molecule has 0 radical (unpaired) electrons. The number of fused-ring (bicyclic) bond motifs is 1. The van der Waals surface area contributed by atoms with Crippen LogP contribution in [0.1, 0.15) is 20.3 Å². The lowest BCUT2D eigenvalue weighted by Gasteiger charge is -2.27. The molecule has 0 aliphatic rings. The molecule has 0 bridgehead atoms. The first-order chi connectivity index (χ1) is 8.72. The van der Waals surface area contributed by atoms with Crippen molar-refractivity contribution in [3.63, 3.8) is 0 Å². The van der Waals surface area contributed by atoms with Crippen molar-refractivity contribution in [2.24, 2.45) is 0 Å². The van der Waals surface area contributed by atoms with Crippen molar-refractivity contribution >= 4 is 32.8 Å². The molecule has 2 rings (SSSR count).